The number of carbonyl (C=O) groups excluding carboxylic acids is 3. The van der Waals surface area contributed by atoms with Crippen LogP contribution in [0.15, 0.2) is 72.8 Å². The average molecular weight is 495 g/mol. The predicted molar refractivity (Wildman–Crippen MR) is 131 cm³/mol. The third kappa shape index (κ3) is 5.52. The van der Waals surface area contributed by atoms with Gasteiger partial charge in [-0.15, -0.1) is 0 Å². The second kappa shape index (κ2) is 10.7. The fourth-order valence-electron chi connectivity index (χ4n) is 4.09. The van der Waals surface area contributed by atoms with Crippen molar-refractivity contribution in [1.82, 2.24) is 4.90 Å². The first kappa shape index (κ1) is 24.4. The maximum absolute atomic E-state index is 13.4. The van der Waals surface area contributed by atoms with Crippen LogP contribution in [-0.2, 0) is 16.0 Å². The van der Waals surface area contributed by atoms with E-state index in [0.29, 0.717) is 29.5 Å². The van der Waals surface area contributed by atoms with Crippen molar-refractivity contribution in [2.45, 2.75) is 25.8 Å². The van der Waals surface area contributed by atoms with E-state index in [4.69, 9.17) is 16.3 Å². The van der Waals surface area contributed by atoms with E-state index in [9.17, 15) is 18.8 Å². The number of anilines is 1. The van der Waals surface area contributed by atoms with Gasteiger partial charge in [0.1, 0.15) is 17.6 Å². The van der Waals surface area contributed by atoms with Crippen LogP contribution in [0.1, 0.15) is 29.3 Å². The van der Waals surface area contributed by atoms with Crippen molar-refractivity contribution in [2.75, 3.05) is 18.1 Å². The minimum Gasteiger partial charge on any atom is -0.494 e. The molecule has 1 fully saturated rings. The minimum absolute atomic E-state index is 0.144. The molecule has 1 saturated heterocycles. The molecular formula is C27H24ClFN2O4. The van der Waals surface area contributed by atoms with Gasteiger partial charge in [0.15, 0.2) is 0 Å². The Hall–Kier alpha value is -3.71. The molecule has 6 nitrogen and oxygen atoms in total. The Morgan fingerprint density at radius 2 is 1.80 bits per heavy atom. The Labute approximate surface area is 207 Å². The van der Waals surface area contributed by atoms with Crippen molar-refractivity contribution >= 4 is 35.0 Å². The van der Waals surface area contributed by atoms with Gasteiger partial charge in [0.25, 0.3) is 11.8 Å². The summed E-state index contributed by atoms with van der Waals surface area (Å²) in [4.78, 5) is 42.2. The molecule has 0 spiro atoms. The number of hydrogen-bond acceptors (Lipinski definition) is 4. The highest BCUT2D eigenvalue weighted by atomic mass is 35.5. The van der Waals surface area contributed by atoms with Gasteiger partial charge in [0.05, 0.1) is 18.7 Å². The molecule has 3 aromatic carbocycles. The van der Waals surface area contributed by atoms with Gasteiger partial charge in [0, 0.05) is 17.1 Å². The molecule has 35 heavy (non-hydrogen) atoms. The maximum atomic E-state index is 13.4. The van der Waals surface area contributed by atoms with Crippen molar-refractivity contribution in [1.29, 1.82) is 0 Å². The van der Waals surface area contributed by atoms with Crippen LogP contribution in [0.2, 0.25) is 5.02 Å². The standard InChI is InChI=1S/C27H24ClFN2O4/c1-2-35-23-12-10-22(11-13-23)31-25(32)17-24(27(31)34)30(15-14-18-4-3-5-20(28)16-18)26(33)19-6-8-21(29)9-7-19/h3-13,16,24H,2,14-15,17H2,1H3. The molecule has 1 aliphatic heterocycles. The van der Waals surface area contributed by atoms with Gasteiger partial charge < -0.3 is 9.64 Å². The Bertz CT molecular complexity index is 1230. The quantitative estimate of drug-likeness (QED) is 0.418. The first-order valence-corrected chi connectivity index (χ1v) is 11.7. The Morgan fingerprint density at radius 1 is 1.09 bits per heavy atom. The van der Waals surface area contributed by atoms with Crippen molar-refractivity contribution in [3.63, 3.8) is 0 Å². The molecule has 3 aromatic rings. The van der Waals surface area contributed by atoms with Crippen LogP contribution in [-0.4, -0.2) is 41.8 Å². The molecule has 0 bridgehead atoms. The SMILES string of the molecule is CCOc1ccc(N2C(=O)CC(N(CCc3cccc(Cl)c3)C(=O)c3ccc(F)cc3)C2=O)cc1. The van der Waals surface area contributed by atoms with Gasteiger partial charge in [0.2, 0.25) is 5.91 Å². The van der Waals surface area contributed by atoms with Gasteiger partial charge in [-0.2, -0.15) is 0 Å². The van der Waals surface area contributed by atoms with Gasteiger partial charge in [-0.05, 0) is 79.6 Å². The normalized spacial score (nSPS) is 15.4. The highest BCUT2D eigenvalue weighted by Gasteiger charge is 2.44. The van der Waals surface area contributed by atoms with Crippen molar-refractivity contribution in [2.24, 2.45) is 0 Å². The number of nitrogens with zero attached hydrogens (tertiary/aromatic N) is 2. The van der Waals surface area contributed by atoms with Crippen molar-refractivity contribution < 1.29 is 23.5 Å². The topological polar surface area (TPSA) is 66.9 Å². The van der Waals surface area contributed by atoms with E-state index in [-0.39, 0.29) is 18.5 Å². The lowest BCUT2D eigenvalue weighted by atomic mass is 10.1. The van der Waals surface area contributed by atoms with E-state index in [0.717, 1.165) is 10.5 Å². The van der Waals surface area contributed by atoms with E-state index in [1.807, 2.05) is 19.1 Å². The summed E-state index contributed by atoms with van der Waals surface area (Å²) in [5.74, 6) is -1.18. The second-order valence-electron chi connectivity index (χ2n) is 8.10. The summed E-state index contributed by atoms with van der Waals surface area (Å²) >= 11 is 6.09. The van der Waals surface area contributed by atoms with E-state index in [1.54, 1.807) is 36.4 Å². The lowest BCUT2D eigenvalue weighted by molar-refractivity contribution is -0.122. The Kier molecular flexibility index (Phi) is 7.46. The number of amides is 3. The number of benzene rings is 3. The highest BCUT2D eigenvalue weighted by Crippen LogP contribution is 2.28. The average Bonchev–Trinajstić information content (AvgIpc) is 3.14. The van der Waals surface area contributed by atoms with E-state index in [1.165, 1.54) is 29.2 Å². The zero-order valence-electron chi connectivity index (χ0n) is 19.1. The van der Waals surface area contributed by atoms with Gasteiger partial charge >= 0.3 is 0 Å². The minimum atomic E-state index is -0.981. The molecule has 1 atom stereocenters. The van der Waals surface area contributed by atoms with Crippen molar-refractivity contribution in [3.8, 4) is 5.75 Å². The molecule has 0 aromatic heterocycles. The lowest BCUT2D eigenvalue weighted by Gasteiger charge is -2.28. The molecule has 1 heterocycles. The summed E-state index contributed by atoms with van der Waals surface area (Å²) in [5, 5.41) is 0.563. The van der Waals surface area contributed by atoms with E-state index >= 15 is 0 Å². The molecule has 4 rings (SSSR count). The van der Waals surface area contributed by atoms with Crippen LogP contribution >= 0.6 is 11.6 Å². The molecule has 1 aliphatic rings. The highest BCUT2D eigenvalue weighted by molar-refractivity contribution is 6.30. The van der Waals surface area contributed by atoms with Crippen LogP contribution in [0, 0.1) is 5.82 Å². The number of halogens is 2. The number of hydrogen-bond donors (Lipinski definition) is 0. The summed E-state index contributed by atoms with van der Waals surface area (Å²) in [6, 6.07) is 18.0. The summed E-state index contributed by atoms with van der Waals surface area (Å²) in [5.41, 5.74) is 1.53. The van der Waals surface area contributed by atoms with Gasteiger partial charge in [-0.1, -0.05) is 23.7 Å². The predicted octanol–water partition coefficient (Wildman–Crippen LogP) is 4.89. The maximum Gasteiger partial charge on any atom is 0.257 e. The zero-order valence-corrected chi connectivity index (χ0v) is 19.9. The van der Waals surface area contributed by atoms with Crippen LogP contribution in [0.25, 0.3) is 0 Å². The third-order valence-electron chi connectivity index (χ3n) is 5.79. The molecule has 8 heteroatoms. The van der Waals surface area contributed by atoms with Gasteiger partial charge in [-0.25, -0.2) is 9.29 Å². The van der Waals surface area contributed by atoms with Crippen LogP contribution in [0.4, 0.5) is 10.1 Å². The number of carbonyl (C=O) groups is 3. The molecule has 0 saturated carbocycles. The molecule has 1 unspecified atom stereocenters. The molecule has 180 valence electrons. The number of ether oxygens (including phenoxy) is 1. The molecule has 3 amide bonds. The fraction of sp³-hybridized carbons (Fsp3) is 0.222. The largest absolute Gasteiger partial charge is 0.494 e. The summed E-state index contributed by atoms with van der Waals surface area (Å²) in [6.45, 7) is 2.54. The second-order valence-corrected chi connectivity index (χ2v) is 8.54. The smallest absolute Gasteiger partial charge is 0.257 e. The molecule has 0 N–H and O–H groups in total. The van der Waals surface area contributed by atoms with Crippen LogP contribution in [0.3, 0.4) is 0 Å². The van der Waals surface area contributed by atoms with Crippen molar-refractivity contribution in [3.05, 3.63) is 94.8 Å². The lowest BCUT2D eigenvalue weighted by Crippen LogP contribution is -2.46. The van der Waals surface area contributed by atoms with E-state index < -0.39 is 29.6 Å². The molecule has 0 aliphatic carbocycles. The Balaban J connectivity index is 1.61. The summed E-state index contributed by atoms with van der Waals surface area (Å²) in [7, 11) is 0. The van der Waals surface area contributed by atoms with Gasteiger partial charge in [-0.3, -0.25) is 14.4 Å². The first-order chi connectivity index (χ1) is 16.9. The zero-order chi connectivity index (χ0) is 24.9. The third-order valence-corrected chi connectivity index (χ3v) is 6.02. The fourth-order valence-corrected chi connectivity index (χ4v) is 4.30. The van der Waals surface area contributed by atoms with E-state index in [2.05, 4.69) is 0 Å². The Morgan fingerprint density at radius 3 is 2.46 bits per heavy atom. The summed E-state index contributed by atoms with van der Waals surface area (Å²) in [6.07, 6.45) is 0.281. The number of imide groups is 1. The first-order valence-electron chi connectivity index (χ1n) is 11.3. The van der Waals surface area contributed by atoms with Crippen LogP contribution in [0.5, 0.6) is 5.75 Å². The summed E-state index contributed by atoms with van der Waals surface area (Å²) < 4.78 is 18.9. The molecule has 0 radical (unpaired) electrons. The molecular weight excluding hydrogens is 471 g/mol. The number of rotatable bonds is 8. The van der Waals surface area contributed by atoms with Crippen LogP contribution < -0.4 is 9.64 Å². The monoisotopic (exact) mass is 494 g/mol.